The molecule has 0 radical (unpaired) electrons. The lowest BCUT2D eigenvalue weighted by atomic mass is 10.0. The summed E-state index contributed by atoms with van der Waals surface area (Å²) >= 11 is 0. The maximum atomic E-state index is 11.1. The molecule has 0 saturated carbocycles. The molecule has 0 aliphatic rings. The summed E-state index contributed by atoms with van der Waals surface area (Å²) in [5.74, 6) is 0.220. The summed E-state index contributed by atoms with van der Waals surface area (Å²) in [4.78, 5) is 2.07. The zero-order valence-corrected chi connectivity index (χ0v) is 13.7. The molecule has 0 aliphatic heterocycles. The van der Waals surface area contributed by atoms with Gasteiger partial charge in [0, 0.05) is 18.8 Å². The molecule has 1 rings (SSSR count). The number of nitrogens with one attached hydrogen (secondary N) is 1. The van der Waals surface area contributed by atoms with Gasteiger partial charge in [0.2, 0.25) is 0 Å². The van der Waals surface area contributed by atoms with Crippen molar-refractivity contribution < 1.29 is 8.42 Å². The van der Waals surface area contributed by atoms with Gasteiger partial charge in [-0.05, 0) is 39.5 Å². The van der Waals surface area contributed by atoms with Crippen molar-refractivity contribution in [3.8, 4) is 0 Å². The number of hydrogen-bond acceptors (Lipinski definition) is 4. The van der Waals surface area contributed by atoms with E-state index in [1.165, 1.54) is 17.4 Å². The molecule has 1 atom stereocenters. The minimum absolute atomic E-state index is 0.220. The van der Waals surface area contributed by atoms with Gasteiger partial charge in [0.15, 0.2) is 0 Å². The van der Waals surface area contributed by atoms with Crippen molar-refractivity contribution in [2.24, 2.45) is 0 Å². The zero-order chi connectivity index (χ0) is 15.2. The Bertz CT molecular complexity index is 497. The van der Waals surface area contributed by atoms with Crippen LogP contribution in [0.1, 0.15) is 23.6 Å². The van der Waals surface area contributed by atoms with E-state index in [1.807, 2.05) is 14.1 Å². The van der Waals surface area contributed by atoms with E-state index in [0.29, 0.717) is 12.6 Å². The smallest absolute Gasteiger partial charge is 0.148 e. The number of aryl methyl sites for hydroxylation is 1. The summed E-state index contributed by atoms with van der Waals surface area (Å²) in [5, 5.41) is 3.32. The molecule has 0 amide bonds. The fourth-order valence-corrected chi connectivity index (χ4v) is 2.70. The van der Waals surface area contributed by atoms with Crippen molar-refractivity contribution in [1.29, 1.82) is 0 Å². The Morgan fingerprint density at radius 1 is 1.20 bits per heavy atom. The highest BCUT2D eigenvalue weighted by Crippen LogP contribution is 2.17. The second kappa shape index (κ2) is 7.76. The zero-order valence-electron chi connectivity index (χ0n) is 12.9. The van der Waals surface area contributed by atoms with Crippen LogP contribution in [0.5, 0.6) is 0 Å². The van der Waals surface area contributed by atoms with Crippen LogP contribution in [0.2, 0.25) is 0 Å². The van der Waals surface area contributed by atoms with Crippen molar-refractivity contribution >= 4 is 9.84 Å². The number of benzene rings is 1. The number of nitrogens with zero attached hydrogens (tertiary/aromatic N) is 1. The third-order valence-corrected chi connectivity index (χ3v) is 4.40. The van der Waals surface area contributed by atoms with E-state index in [-0.39, 0.29) is 5.75 Å². The van der Waals surface area contributed by atoms with Crippen LogP contribution in [0.3, 0.4) is 0 Å². The largest absolute Gasteiger partial charge is 0.313 e. The Labute approximate surface area is 123 Å². The lowest BCUT2D eigenvalue weighted by Gasteiger charge is -2.21. The second-order valence-electron chi connectivity index (χ2n) is 5.47. The highest BCUT2D eigenvalue weighted by Gasteiger charge is 2.11. The van der Waals surface area contributed by atoms with Crippen molar-refractivity contribution in [1.82, 2.24) is 10.2 Å². The van der Waals surface area contributed by atoms with Crippen LogP contribution >= 0.6 is 0 Å². The molecule has 0 bridgehead atoms. The van der Waals surface area contributed by atoms with Gasteiger partial charge in [-0.25, -0.2) is 8.42 Å². The average molecular weight is 298 g/mol. The van der Waals surface area contributed by atoms with Crippen LogP contribution in [0.15, 0.2) is 24.3 Å². The first-order valence-corrected chi connectivity index (χ1v) is 8.98. The molecule has 0 spiro atoms. The molecule has 1 unspecified atom stereocenters. The SMILES string of the molecule is CNC(CCN(C)CCS(C)(=O)=O)c1ccc(C)cc1. The predicted molar refractivity (Wildman–Crippen MR) is 84.8 cm³/mol. The van der Waals surface area contributed by atoms with Crippen molar-refractivity contribution in [3.05, 3.63) is 35.4 Å². The lowest BCUT2D eigenvalue weighted by Crippen LogP contribution is -2.29. The summed E-state index contributed by atoms with van der Waals surface area (Å²) < 4.78 is 22.3. The molecule has 1 aromatic rings. The topological polar surface area (TPSA) is 49.4 Å². The van der Waals surface area contributed by atoms with Crippen molar-refractivity contribution in [2.45, 2.75) is 19.4 Å². The van der Waals surface area contributed by atoms with Crippen LogP contribution in [-0.4, -0.2) is 52.5 Å². The van der Waals surface area contributed by atoms with E-state index >= 15 is 0 Å². The van der Waals surface area contributed by atoms with Crippen molar-refractivity contribution in [3.63, 3.8) is 0 Å². The maximum absolute atomic E-state index is 11.1. The number of hydrogen-bond donors (Lipinski definition) is 1. The molecule has 0 aromatic heterocycles. The Kier molecular flexibility index (Phi) is 6.65. The lowest BCUT2D eigenvalue weighted by molar-refractivity contribution is 0.326. The van der Waals surface area contributed by atoms with E-state index in [4.69, 9.17) is 0 Å². The first kappa shape index (κ1) is 17.1. The minimum Gasteiger partial charge on any atom is -0.313 e. The molecule has 0 fully saturated rings. The summed E-state index contributed by atoms with van der Waals surface area (Å²) in [6, 6.07) is 8.83. The molecule has 0 heterocycles. The van der Waals surface area contributed by atoms with Gasteiger partial charge in [-0.1, -0.05) is 29.8 Å². The molecule has 1 aromatic carbocycles. The molecule has 114 valence electrons. The number of rotatable bonds is 8. The predicted octanol–water partition coefficient (Wildman–Crippen LogP) is 1.62. The van der Waals surface area contributed by atoms with Gasteiger partial charge in [-0.15, -0.1) is 0 Å². The molecular formula is C15H26N2O2S. The van der Waals surface area contributed by atoms with Gasteiger partial charge < -0.3 is 10.2 Å². The summed E-state index contributed by atoms with van der Waals surface area (Å²) in [6.07, 6.45) is 2.24. The van der Waals surface area contributed by atoms with Crippen LogP contribution in [-0.2, 0) is 9.84 Å². The molecular weight excluding hydrogens is 272 g/mol. The first-order valence-electron chi connectivity index (χ1n) is 6.92. The maximum Gasteiger partial charge on any atom is 0.148 e. The Balaban J connectivity index is 2.47. The van der Waals surface area contributed by atoms with Crippen LogP contribution < -0.4 is 5.32 Å². The average Bonchev–Trinajstić information content (AvgIpc) is 2.38. The summed E-state index contributed by atoms with van der Waals surface area (Å²) in [6.45, 7) is 3.54. The highest BCUT2D eigenvalue weighted by atomic mass is 32.2. The molecule has 1 N–H and O–H groups in total. The van der Waals surface area contributed by atoms with Gasteiger partial charge in [0.25, 0.3) is 0 Å². The van der Waals surface area contributed by atoms with E-state index in [1.54, 1.807) is 0 Å². The van der Waals surface area contributed by atoms with Crippen LogP contribution in [0.25, 0.3) is 0 Å². The summed E-state index contributed by atoms with van der Waals surface area (Å²) in [7, 11) is 1.05. The first-order chi connectivity index (χ1) is 9.31. The third-order valence-electron chi connectivity index (χ3n) is 3.47. The molecule has 5 heteroatoms. The van der Waals surface area contributed by atoms with E-state index in [9.17, 15) is 8.42 Å². The van der Waals surface area contributed by atoms with Gasteiger partial charge in [-0.2, -0.15) is 0 Å². The Morgan fingerprint density at radius 3 is 2.30 bits per heavy atom. The fourth-order valence-electron chi connectivity index (χ4n) is 2.06. The van der Waals surface area contributed by atoms with E-state index in [0.717, 1.165) is 13.0 Å². The van der Waals surface area contributed by atoms with Gasteiger partial charge in [0.05, 0.1) is 5.75 Å². The van der Waals surface area contributed by atoms with E-state index < -0.39 is 9.84 Å². The molecule has 20 heavy (non-hydrogen) atoms. The molecule has 0 saturated heterocycles. The second-order valence-corrected chi connectivity index (χ2v) is 7.73. The highest BCUT2D eigenvalue weighted by molar-refractivity contribution is 7.90. The molecule has 0 aliphatic carbocycles. The van der Waals surface area contributed by atoms with Gasteiger partial charge in [0.1, 0.15) is 9.84 Å². The van der Waals surface area contributed by atoms with Gasteiger partial charge in [-0.3, -0.25) is 0 Å². The fraction of sp³-hybridized carbons (Fsp3) is 0.600. The summed E-state index contributed by atoms with van der Waals surface area (Å²) in [5.41, 5.74) is 2.53. The third kappa shape index (κ3) is 6.50. The van der Waals surface area contributed by atoms with Crippen LogP contribution in [0.4, 0.5) is 0 Å². The monoisotopic (exact) mass is 298 g/mol. The standard InChI is InChI=1S/C15H26N2O2S/c1-13-5-7-14(8-6-13)15(16-2)9-10-17(3)11-12-20(4,18)19/h5-8,15-16H,9-12H2,1-4H3. The number of sulfone groups is 1. The minimum atomic E-state index is -2.88. The normalized spacial score (nSPS) is 13.7. The quantitative estimate of drug-likeness (QED) is 0.792. The van der Waals surface area contributed by atoms with Crippen LogP contribution in [0, 0.1) is 6.92 Å². The molecule has 4 nitrogen and oxygen atoms in total. The van der Waals surface area contributed by atoms with Gasteiger partial charge >= 0.3 is 0 Å². The Hall–Kier alpha value is -0.910. The van der Waals surface area contributed by atoms with E-state index in [2.05, 4.69) is 41.4 Å². The van der Waals surface area contributed by atoms with Crippen molar-refractivity contribution in [2.75, 3.05) is 39.2 Å². The Morgan fingerprint density at radius 2 is 1.80 bits per heavy atom.